The van der Waals surface area contributed by atoms with Crippen molar-refractivity contribution < 1.29 is 24.2 Å². The number of nitrogens with two attached hydrogens (primary N) is 1. The third-order valence-electron chi connectivity index (χ3n) is 5.48. The first-order valence-corrected chi connectivity index (χ1v) is 11.2. The number of rotatable bonds is 10. The second kappa shape index (κ2) is 11.7. The number of likely N-dealkylation sites (tertiary alicyclic amines) is 1. The quantitative estimate of drug-likeness (QED) is 0.487. The van der Waals surface area contributed by atoms with Crippen LogP contribution in [0.25, 0.3) is 0 Å². The number of nitrogens with one attached hydrogen (secondary N) is 1. The van der Waals surface area contributed by atoms with E-state index in [1.54, 1.807) is 23.1 Å². The zero-order chi connectivity index (χ0) is 23.8. The van der Waals surface area contributed by atoms with Gasteiger partial charge in [0.25, 0.3) is 0 Å². The van der Waals surface area contributed by atoms with Gasteiger partial charge in [0.15, 0.2) is 6.61 Å². The molecule has 2 amide bonds. The van der Waals surface area contributed by atoms with E-state index >= 15 is 0 Å². The van der Waals surface area contributed by atoms with E-state index in [0.717, 1.165) is 12.0 Å². The molecule has 4 N–H and O–H groups in total. The van der Waals surface area contributed by atoms with Crippen molar-refractivity contribution in [2.24, 2.45) is 5.73 Å². The molecule has 1 heterocycles. The van der Waals surface area contributed by atoms with Crippen LogP contribution in [0.4, 0.5) is 0 Å². The monoisotopic (exact) mass is 473 g/mol. The molecule has 8 nitrogen and oxygen atoms in total. The highest BCUT2D eigenvalue weighted by Gasteiger charge is 2.34. The number of carboxylic acids is 1. The van der Waals surface area contributed by atoms with Crippen LogP contribution in [0, 0.1) is 0 Å². The number of benzene rings is 2. The van der Waals surface area contributed by atoms with Crippen LogP contribution in [0.3, 0.4) is 0 Å². The van der Waals surface area contributed by atoms with Crippen molar-refractivity contribution in [3.63, 3.8) is 0 Å². The average molecular weight is 474 g/mol. The maximum Gasteiger partial charge on any atom is 0.341 e. The smallest absolute Gasteiger partial charge is 0.341 e. The number of nitrogens with zero attached hydrogens (tertiary/aromatic N) is 1. The van der Waals surface area contributed by atoms with Gasteiger partial charge in [-0.2, -0.15) is 0 Å². The lowest BCUT2D eigenvalue weighted by molar-refractivity contribution is -0.139. The number of ether oxygens (including phenoxy) is 1. The molecule has 2 aromatic rings. The molecule has 9 heteroatoms. The van der Waals surface area contributed by atoms with E-state index in [-0.39, 0.29) is 30.8 Å². The standard InChI is InChI=1S/C24H28ClN3O5/c25-18-8-9-21(33-15-23(30)31)17(12-18)14-27-24(32)20-7-4-10-28(20)22(29)13-19(26)11-16-5-2-1-3-6-16/h1-3,5-6,8-9,12,19-20H,4,7,10-11,13-15,26H2,(H,27,32)(H,30,31)/t19-,20-/m1/s1. The summed E-state index contributed by atoms with van der Waals surface area (Å²) in [5, 5.41) is 12.1. The van der Waals surface area contributed by atoms with Gasteiger partial charge in [0.05, 0.1) is 0 Å². The van der Waals surface area contributed by atoms with Crippen LogP contribution in [0.5, 0.6) is 5.75 Å². The molecule has 1 aliphatic heterocycles. The zero-order valence-electron chi connectivity index (χ0n) is 18.2. The Bertz CT molecular complexity index is 985. The largest absolute Gasteiger partial charge is 0.482 e. The van der Waals surface area contributed by atoms with Crippen LogP contribution < -0.4 is 15.8 Å². The van der Waals surface area contributed by atoms with E-state index in [4.69, 9.17) is 27.2 Å². The van der Waals surface area contributed by atoms with Gasteiger partial charge in [-0.05, 0) is 43.0 Å². The predicted molar refractivity (Wildman–Crippen MR) is 124 cm³/mol. The topological polar surface area (TPSA) is 122 Å². The molecule has 176 valence electrons. The molecule has 0 aromatic heterocycles. The summed E-state index contributed by atoms with van der Waals surface area (Å²) < 4.78 is 5.28. The molecule has 0 aliphatic carbocycles. The van der Waals surface area contributed by atoms with E-state index in [9.17, 15) is 14.4 Å². The Morgan fingerprint density at radius 1 is 1.21 bits per heavy atom. The fraction of sp³-hybridized carbons (Fsp3) is 0.375. The summed E-state index contributed by atoms with van der Waals surface area (Å²) in [7, 11) is 0. The van der Waals surface area contributed by atoms with E-state index in [1.807, 2.05) is 30.3 Å². The second-order valence-corrected chi connectivity index (χ2v) is 8.49. The third-order valence-corrected chi connectivity index (χ3v) is 5.72. The molecule has 0 unspecified atom stereocenters. The van der Waals surface area contributed by atoms with Gasteiger partial charge in [0.2, 0.25) is 11.8 Å². The summed E-state index contributed by atoms with van der Waals surface area (Å²) in [5.41, 5.74) is 7.81. The zero-order valence-corrected chi connectivity index (χ0v) is 19.0. The van der Waals surface area contributed by atoms with E-state index in [1.165, 1.54) is 0 Å². The van der Waals surface area contributed by atoms with E-state index in [2.05, 4.69) is 5.32 Å². The minimum Gasteiger partial charge on any atom is -0.482 e. The Labute approximate surface area is 197 Å². The van der Waals surface area contributed by atoms with Crippen LogP contribution in [0.15, 0.2) is 48.5 Å². The Morgan fingerprint density at radius 2 is 1.97 bits per heavy atom. The van der Waals surface area contributed by atoms with Gasteiger partial charge in [0.1, 0.15) is 11.8 Å². The maximum atomic E-state index is 12.9. The van der Waals surface area contributed by atoms with E-state index < -0.39 is 18.6 Å². The van der Waals surface area contributed by atoms with Crippen LogP contribution in [0.2, 0.25) is 5.02 Å². The molecular weight excluding hydrogens is 446 g/mol. The Morgan fingerprint density at radius 3 is 2.70 bits per heavy atom. The molecule has 1 fully saturated rings. The fourth-order valence-corrected chi connectivity index (χ4v) is 4.13. The lowest BCUT2D eigenvalue weighted by atomic mass is 10.0. The highest BCUT2D eigenvalue weighted by Crippen LogP contribution is 2.24. The van der Waals surface area contributed by atoms with Crippen LogP contribution in [-0.2, 0) is 27.3 Å². The minimum atomic E-state index is -1.11. The summed E-state index contributed by atoms with van der Waals surface area (Å²) in [6.45, 7) is 0.107. The number of carboxylic acid groups (broad SMARTS) is 1. The Kier molecular flexibility index (Phi) is 8.68. The lowest BCUT2D eigenvalue weighted by Gasteiger charge is -2.25. The predicted octanol–water partition coefficient (Wildman–Crippen LogP) is 2.37. The summed E-state index contributed by atoms with van der Waals surface area (Å²) in [6.07, 6.45) is 2.07. The first kappa shape index (κ1) is 24.5. The average Bonchev–Trinajstić information content (AvgIpc) is 3.27. The molecule has 0 bridgehead atoms. The summed E-state index contributed by atoms with van der Waals surface area (Å²) in [6, 6.07) is 13.6. The van der Waals surface area contributed by atoms with Crippen LogP contribution in [0.1, 0.15) is 30.4 Å². The van der Waals surface area contributed by atoms with Gasteiger partial charge >= 0.3 is 5.97 Å². The van der Waals surface area contributed by atoms with Gasteiger partial charge in [0, 0.05) is 36.1 Å². The molecule has 0 spiro atoms. The third kappa shape index (κ3) is 7.20. The molecule has 1 saturated heterocycles. The van der Waals surface area contributed by atoms with Crippen molar-refractivity contribution in [3.05, 3.63) is 64.7 Å². The number of carbonyl (C=O) groups excluding carboxylic acids is 2. The highest BCUT2D eigenvalue weighted by atomic mass is 35.5. The van der Waals surface area contributed by atoms with E-state index in [0.29, 0.717) is 35.7 Å². The van der Waals surface area contributed by atoms with Gasteiger partial charge < -0.3 is 25.8 Å². The second-order valence-electron chi connectivity index (χ2n) is 8.05. The summed E-state index contributed by atoms with van der Waals surface area (Å²) >= 11 is 6.04. The van der Waals surface area contributed by atoms with Crippen molar-refractivity contribution >= 4 is 29.4 Å². The lowest BCUT2D eigenvalue weighted by Crippen LogP contribution is -2.47. The van der Waals surface area contributed by atoms with Crippen molar-refractivity contribution in [2.45, 2.75) is 44.3 Å². The van der Waals surface area contributed by atoms with Crippen molar-refractivity contribution in [2.75, 3.05) is 13.2 Å². The van der Waals surface area contributed by atoms with Crippen molar-refractivity contribution in [1.29, 1.82) is 0 Å². The molecule has 1 aliphatic rings. The number of hydrogen-bond donors (Lipinski definition) is 3. The Balaban J connectivity index is 1.57. The molecule has 33 heavy (non-hydrogen) atoms. The molecule has 0 saturated carbocycles. The number of carbonyl (C=O) groups is 3. The SMILES string of the molecule is N[C@@H](CC(=O)N1CCC[C@@H]1C(=O)NCc1cc(Cl)ccc1OCC(=O)O)Cc1ccccc1. The fourth-order valence-electron chi connectivity index (χ4n) is 3.93. The minimum absolute atomic E-state index is 0.0976. The molecule has 0 radical (unpaired) electrons. The van der Waals surface area contributed by atoms with Crippen molar-refractivity contribution in [3.8, 4) is 5.75 Å². The normalized spacial score (nSPS) is 16.3. The molecular formula is C24H28ClN3O5. The maximum absolute atomic E-state index is 12.9. The number of amides is 2. The first-order chi connectivity index (χ1) is 15.8. The van der Waals surface area contributed by atoms with Gasteiger partial charge in [-0.15, -0.1) is 0 Å². The number of hydrogen-bond acceptors (Lipinski definition) is 5. The van der Waals surface area contributed by atoms with Crippen LogP contribution >= 0.6 is 11.6 Å². The molecule has 3 rings (SSSR count). The van der Waals surface area contributed by atoms with Gasteiger partial charge in [-0.25, -0.2) is 4.79 Å². The first-order valence-electron chi connectivity index (χ1n) is 10.8. The Hall–Kier alpha value is -3.10. The van der Waals surface area contributed by atoms with Crippen molar-refractivity contribution in [1.82, 2.24) is 10.2 Å². The summed E-state index contributed by atoms with van der Waals surface area (Å²) in [5.74, 6) is -1.19. The highest BCUT2D eigenvalue weighted by molar-refractivity contribution is 6.30. The van der Waals surface area contributed by atoms with Gasteiger partial charge in [-0.1, -0.05) is 41.9 Å². The van der Waals surface area contributed by atoms with Gasteiger partial charge in [-0.3, -0.25) is 9.59 Å². The molecule has 2 aromatic carbocycles. The van der Waals surface area contributed by atoms with Crippen LogP contribution in [-0.4, -0.2) is 53.0 Å². The number of aliphatic carboxylic acids is 1. The molecule has 2 atom stereocenters. The number of halogens is 1. The summed E-state index contributed by atoms with van der Waals surface area (Å²) in [4.78, 5) is 38.1.